The van der Waals surface area contributed by atoms with Gasteiger partial charge in [0.05, 0.1) is 10.6 Å². The highest BCUT2D eigenvalue weighted by Crippen LogP contribution is 2.17. The first-order valence-corrected chi connectivity index (χ1v) is 8.13. The van der Waals surface area contributed by atoms with Crippen molar-refractivity contribution >= 4 is 21.4 Å². The molecule has 2 rings (SSSR count). The molecule has 0 unspecified atom stereocenters. The summed E-state index contributed by atoms with van der Waals surface area (Å²) in [6.07, 6.45) is 1.37. The first-order chi connectivity index (χ1) is 9.08. The fraction of sp³-hybridized carbons (Fsp3) is 0.200. The van der Waals surface area contributed by atoms with E-state index in [2.05, 4.69) is 0 Å². The lowest BCUT2D eigenvalue weighted by Crippen LogP contribution is -2.07. The molecule has 0 saturated carbocycles. The first kappa shape index (κ1) is 14.1. The van der Waals surface area contributed by atoms with Gasteiger partial charge in [0.2, 0.25) is 0 Å². The molecule has 0 N–H and O–H groups in total. The summed E-state index contributed by atoms with van der Waals surface area (Å²) in [5.41, 5.74) is 1.16. The van der Waals surface area contributed by atoms with Gasteiger partial charge in [0.1, 0.15) is 0 Å². The lowest BCUT2D eigenvalue weighted by atomic mass is 10.1. The summed E-state index contributed by atoms with van der Waals surface area (Å²) in [7, 11) is -3.24. The summed E-state index contributed by atoms with van der Waals surface area (Å²) in [5, 5.41) is 0.448. The van der Waals surface area contributed by atoms with Crippen LogP contribution in [0.2, 0.25) is 5.02 Å². The quantitative estimate of drug-likeness (QED) is 0.842. The van der Waals surface area contributed by atoms with Crippen LogP contribution >= 0.6 is 11.6 Å². The van der Waals surface area contributed by atoms with Crippen molar-refractivity contribution in [3.05, 3.63) is 65.2 Å². The molecule has 4 heteroatoms. The summed E-state index contributed by atoms with van der Waals surface area (Å²) in [4.78, 5) is 0.299. The van der Waals surface area contributed by atoms with Gasteiger partial charge in [0.25, 0.3) is 0 Å². The number of hydrogen-bond donors (Lipinski definition) is 0. The number of aryl methyl sites for hydroxylation is 1. The van der Waals surface area contributed by atoms with Gasteiger partial charge in [0.15, 0.2) is 9.84 Å². The van der Waals surface area contributed by atoms with Gasteiger partial charge in [-0.15, -0.1) is 0 Å². The minimum atomic E-state index is -3.24. The van der Waals surface area contributed by atoms with E-state index in [0.29, 0.717) is 16.3 Å². The molecule has 0 aliphatic heterocycles. The van der Waals surface area contributed by atoms with E-state index in [1.165, 1.54) is 6.07 Å². The molecule has 0 aliphatic carbocycles. The number of benzene rings is 2. The molecular formula is C15H15ClO2S. The molecule has 0 spiro atoms. The summed E-state index contributed by atoms with van der Waals surface area (Å²) in [6.45, 7) is 0. The van der Waals surface area contributed by atoms with E-state index in [1.807, 2.05) is 30.3 Å². The smallest absolute Gasteiger partial charge is 0.178 e. The second kappa shape index (κ2) is 6.22. The molecule has 0 saturated heterocycles. The lowest BCUT2D eigenvalue weighted by molar-refractivity contribution is 0.593. The molecular weight excluding hydrogens is 280 g/mol. The fourth-order valence-electron chi connectivity index (χ4n) is 1.89. The Morgan fingerprint density at radius 3 is 2.37 bits per heavy atom. The van der Waals surface area contributed by atoms with Crippen LogP contribution in [0.3, 0.4) is 0 Å². The predicted octanol–water partition coefficient (Wildman–Crippen LogP) is 3.75. The molecule has 2 nitrogen and oxygen atoms in total. The number of hydrogen-bond acceptors (Lipinski definition) is 2. The molecule has 0 amide bonds. The average Bonchev–Trinajstić information content (AvgIpc) is 2.40. The van der Waals surface area contributed by atoms with Gasteiger partial charge >= 0.3 is 0 Å². The Morgan fingerprint density at radius 2 is 1.68 bits per heavy atom. The summed E-state index contributed by atoms with van der Waals surface area (Å²) in [5.74, 6) is 0.141. The Labute approximate surface area is 119 Å². The van der Waals surface area contributed by atoms with Gasteiger partial charge in [0, 0.05) is 5.02 Å². The third kappa shape index (κ3) is 4.08. The van der Waals surface area contributed by atoms with Gasteiger partial charge in [-0.2, -0.15) is 0 Å². The molecule has 0 fully saturated rings. The summed E-state index contributed by atoms with van der Waals surface area (Å²) < 4.78 is 24.2. The maximum atomic E-state index is 12.1. The van der Waals surface area contributed by atoms with Crippen LogP contribution in [0, 0.1) is 0 Å². The Morgan fingerprint density at radius 1 is 0.947 bits per heavy atom. The van der Waals surface area contributed by atoms with E-state index in [0.717, 1.165) is 12.0 Å². The maximum Gasteiger partial charge on any atom is 0.178 e. The number of halogens is 1. The molecule has 19 heavy (non-hydrogen) atoms. The Balaban J connectivity index is 1.99. The second-order valence-corrected chi connectivity index (χ2v) is 6.91. The highest BCUT2D eigenvalue weighted by Gasteiger charge is 2.14. The van der Waals surface area contributed by atoms with Crippen LogP contribution in [0.4, 0.5) is 0 Å². The van der Waals surface area contributed by atoms with Crippen LogP contribution in [0.15, 0.2) is 59.5 Å². The van der Waals surface area contributed by atoms with Crippen molar-refractivity contribution in [3.63, 3.8) is 0 Å². The van der Waals surface area contributed by atoms with Crippen molar-refractivity contribution in [2.75, 3.05) is 5.75 Å². The zero-order valence-electron chi connectivity index (χ0n) is 10.4. The van der Waals surface area contributed by atoms with Crippen molar-refractivity contribution in [1.29, 1.82) is 0 Å². The predicted molar refractivity (Wildman–Crippen MR) is 78.3 cm³/mol. The minimum absolute atomic E-state index is 0.141. The van der Waals surface area contributed by atoms with E-state index < -0.39 is 9.84 Å². The zero-order chi connectivity index (χ0) is 13.7. The molecule has 0 aliphatic rings. The number of sulfone groups is 1. The van der Waals surface area contributed by atoms with Crippen molar-refractivity contribution in [2.45, 2.75) is 17.7 Å². The Bertz CT molecular complexity index is 636. The van der Waals surface area contributed by atoms with Crippen LogP contribution < -0.4 is 0 Å². The lowest BCUT2D eigenvalue weighted by Gasteiger charge is -2.05. The molecule has 0 bridgehead atoms. The Kier molecular flexibility index (Phi) is 4.61. The first-order valence-electron chi connectivity index (χ1n) is 6.10. The van der Waals surface area contributed by atoms with Gasteiger partial charge in [-0.05, 0) is 36.6 Å². The summed E-state index contributed by atoms with van der Waals surface area (Å²) in [6, 6.07) is 16.3. The van der Waals surface area contributed by atoms with Crippen molar-refractivity contribution in [1.82, 2.24) is 0 Å². The minimum Gasteiger partial charge on any atom is -0.224 e. The van der Waals surface area contributed by atoms with E-state index in [1.54, 1.807) is 18.2 Å². The molecule has 0 atom stereocenters. The van der Waals surface area contributed by atoms with Crippen LogP contribution in [0.25, 0.3) is 0 Å². The third-order valence-electron chi connectivity index (χ3n) is 2.88. The molecule has 2 aromatic carbocycles. The van der Waals surface area contributed by atoms with E-state index in [4.69, 9.17) is 11.6 Å². The van der Waals surface area contributed by atoms with E-state index >= 15 is 0 Å². The monoisotopic (exact) mass is 294 g/mol. The summed E-state index contributed by atoms with van der Waals surface area (Å²) >= 11 is 5.82. The van der Waals surface area contributed by atoms with E-state index in [-0.39, 0.29) is 5.75 Å². The van der Waals surface area contributed by atoms with Crippen molar-refractivity contribution in [2.24, 2.45) is 0 Å². The highest BCUT2D eigenvalue weighted by molar-refractivity contribution is 7.91. The van der Waals surface area contributed by atoms with Gasteiger partial charge < -0.3 is 0 Å². The highest BCUT2D eigenvalue weighted by atomic mass is 35.5. The van der Waals surface area contributed by atoms with Crippen LogP contribution in [-0.2, 0) is 16.3 Å². The number of rotatable bonds is 5. The van der Waals surface area contributed by atoms with Crippen LogP contribution in [-0.4, -0.2) is 14.2 Å². The molecule has 0 aromatic heterocycles. The largest absolute Gasteiger partial charge is 0.224 e. The standard InChI is InChI=1S/C15H15ClO2S/c16-14-9-4-10-15(12-14)19(17,18)11-5-8-13-6-2-1-3-7-13/h1-4,6-7,9-10,12H,5,8,11H2. The van der Waals surface area contributed by atoms with Crippen molar-refractivity contribution < 1.29 is 8.42 Å². The topological polar surface area (TPSA) is 34.1 Å². The average molecular weight is 295 g/mol. The third-order valence-corrected chi connectivity index (χ3v) is 4.91. The molecule has 0 radical (unpaired) electrons. The zero-order valence-corrected chi connectivity index (χ0v) is 12.0. The van der Waals surface area contributed by atoms with Gasteiger partial charge in [-0.25, -0.2) is 8.42 Å². The van der Waals surface area contributed by atoms with Crippen LogP contribution in [0.5, 0.6) is 0 Å². The van der Waals surface area contributed by atoms with Crippen LogP contribution in [0.1, 0.15) is 12.0 Å². The van der Waals surface area contributed by atoms with Crippen molar-refractivity contribution in [3.8, 4) is 0 Å². The fourth-order valence-corrected chi connectivity index (χ4v) is 3.50. The Hall–Kier alpha value is -1.32. The maximum absolute atomic E-state index is 12.1. The second-order valence-electron chi connectivity index (χ2n) is 4.37. The normalized spacial score (nSPS) is 11.4. The van der Waals surface area contributed by atoms with Gasteiger partial charge in [-0.1, -0.05) is 48.0 Å². The molecule has 0 heterocycles. The molecule has 2 aromatic rings. The van der Waals surface area contributed by atoms with Gasteiger partial charge in [-0.3, -0.25) is 0 Å². The molecule has 100 valence electrons. The SMILES string of the molecule is O=S(=O)(CCCc1ccccc1)c1cccc(Cl)c1. The van der Waals surface area contributed by atoms with E-state index in [9.17, 15) is 8.42 Å².